The van der Waals surface area contributed by atoms with Crippen LogP contribution in [-0.4, -0.2) is 35.2 Å². The first-order valence-corrected chi connectivity index (χ1v) is 7.79. The summed E-state index contributed by atoms with van der Waals surface area (Å²) in [6, 6.07) is 11.7. The molecule has 3 rings (SSSR count). The smallest absolute Gasteiger partial charge is 0.150 e. The van der Waals surface area contributed by atoms with Crippen LogP contribution in [-0.2, 0) is 13.1 Å². The number of carbonyl (C=O) groups excluding carboxylic acids is 1. The summed E-state index contributed by atoms with van der Waals surface area (Å²) in [7, 11) is 3.97. The standard InChI is InChI=1S/C19H20N4O/c1-23(2)11-16-7-13(3-4-15(16)12-24)18-6-5-14-10-21-17(9-20)8-19(14)22-18/h3-8,10,12H,9,11,20H2,1-2H3. The number of carbonyl (C=O) groups is 1. The van der Waals surface area contributed by atoms with Gasteiger partial charge in [0.1, 0.15) is 6.29 Å². The van der Waals surface area contributed by atoms with E-state index in [9.17, 15) is 4.79 Å². The van der Waals surface area contributed by atoms with E-state index in [1.165, 1.54) is 0 Å². The van der Waals surface area contributed by atoms with Crippen molar-refractivity contribution in [3.8, 4) is 11.3 Å². The van der Waals surface area contributed by atoms with Crippen molar-refractivity contribution in [3.63, 3.8) is 0 Å². The number of aldehydes is 1. The number of benzene rings is 1. The normalized spacial score (nSPS) is 11.2. The molecule has 0 bridgehead atoms. The van der Waals surface area contributed by atoms with Crippen LogP contribution in [0.15, 0.2) is 42.6 Å². The minimum Gasteiger partial charge on any atom is -0.325 e. The molecule has 1 aromatic carbocycles. The van der Waals surface area contributed by atoms with Crippen molar-refractivity contribution in [1.29, 1.82) is 0 Å². The monoisotopic (exact) mass is 320 g/mol. The van der Waals surface area contributed by atoms with Gasteiger partial charge in [0.2, 0.25) is 0 Å². The molecular weight excluding hydrogens is 300 g/mol. The van der Waals surface area contributed by atoms with Gasteiger partial charge in [-0.1, -0.05) is 12.1 Å². The first-order valence-electron chi connectivity index (χ1n) is 7.79. The Balaban J connectivity index is 2.07. The van der Waals surface area contributed by atoms with Crippen molar-refractivity contribution < 1.29 is 4.79 Å². The van der Waals surface area contributed by atoms with Crippen molar-refractivity contribution >= 4 is 17.2 Å². The van der Waals surface area contributed by atoms with Gasteiger partial charge >= 0.3 is 0 Å². The highest BCUT2D eigenvalue weighted by Gasteiger charge is 2.08. The van der Waals surface area contributed by atoms with Gasteiger partial charge in [0, 0.05) is 35.8 Å². The lowest BCUT2D eigenvalue weighted by Crippen LogP contribution is -2.12. The Hall–Kier alpha value is -2.63. The van der Waals surface area contributed by atoms with Gasteiger partial charge in [0.25, 0.3) is 0 Å². The highest BCUT2D eigenvalue weighted by atomic mass is 16.1. The molecule has 0 saturated carbocycles. The van der Waals surface area contributed by atoms with Crippen molar-refractivity contribution in [2.24, 2.45) is 5.73 Å². The van der Waals surface area contributed by atoms with Gasteiger partial charge in [-0.25, -0.2) is 4.98 Å². The Morgan fingerprint density at radius 3 is 2.71 bits per heavy atom. The lowest BCUT2D eigenvalue weighted by molar-refractivity contribution is 0.112. The second kappa shape index (κ2) is 6.86. The molecule has 0 fully saturated rings. The summed E-state index contributed by atoms with van der Waals surface area (Å²) in [6.07, 6.45) is 2.69. The first kappa shape index (κ1) is 16.2. The summed E-state index contributed by atoms with van der Waals surface area (Å²) in [5.41, 5.74) is 10.9. The van der Waals surface area contributed by atoms with Crippen LogP contribution in [0.2, 0.25) is 0 Å². The van der Waals surface area contributed by atoms with Gasteiger partial charge in [0.15, 0.2) is 0 Å². The molecule has 3 aromatic rings. The van der Waals surface area contributed by atoms with Crippen LogP contribution in [0.1, 0.15) is 21.6 Å². The topological polar surface area (TPSA) is 72.1 Å². The van der Waals surface area contributed by atoms with E-state index in [1.807, 2.05) is 55.4 Å². The highest BCUT2D eigenvalue weighted by Crippen LogP contribution is 2.24. The number of hydrogen-bond donors (Lipinski definition) is 1. The Morgan fingerprint density at radius 1 is 1.17 bits per heavy atom. The Kier molecular flexibility index (Phi) is 4.64. The average Bonchev–Trinajstić information content (AvgIpc) is 2.60. The van der Waals surface area contributed by atoms with Gasteiger partial charge in [-0.2, -0.15) is 0 Å². The molecule has 122 valence electrons. The van der Waals surface area contributed by atoms with Crippen molar-refractivity contribution in [1.82, 2.24) is 14.9 Å². The second-order valence-electron chi connectivity index (χ2n) is 6.04. The molecule has 2 heterocycles. The molecule has 24 heavy (non-hydrogen) atoms. The molecule has 0 aliphatic heterocycles. The zero-order chi connectivity index (χ0) is 17.1. The lowest BCUT2D eigenvalue weighted by atomic mass is 10.0. The second-order valence-corrected chi connectivity index (χ2v) is 6.04. The summed E-state index contributed by atoms with van der Waals surface area (Å²) in [6.45, 7) is 1.10. The molecule has 5 nitrogen and oxygen atoms in total. The maximum absolute atomic E-state index is 11.2. The van der Waals surface area contributed by atoms with E-state index in [-0.39, 0.29) is 0 Å². The van der Waals surface area contributed by atoms with Crippen LogP contribution < -0.4 is 5.73 Å². The van der Waals surface area contributed by atoms with E-state index >= 15 is 0 Å². The number of nitrogens with zero attached hydrogens (tertiary/aromatic N) is 3. The van der Waals surface area contributed by atoms with Gasteiger partial charge in [0.05, 0.1) is 16.9 Å². The fourth-order valence-electron chi connectivity index (χ4n) is 2.69. The van der Waals surface area contributed by atoms with E-state index in [0.717, 1.165) is 39.7 Å². The molecule has 2 N–H and O–H groups in total. The number of pyridine rings is 2. The van der Waals surface area contributed by atoms with Crippen LogP contribution in [0, 0.1) is 0 Å². The highest BCUT2D eigenvalue weighted by molar-refractivity contribution is 5.83. The third kappa shape index (κ3) is 3.32. The minimum atomic E-state index is 0.392. The van der Waals surface area contributed by atoms with E-state index in [1.54, 1.807) is 6.20 Å². The third-order valence-electron chi connectivity index (χ3n) is 3.89. The predicted molar refractivity (Wildman–Crippen MR) is 95.6 cm³/mol. The average molecular weight is 320 g/mol. The maximum Gasteiger partial charge on any atom is 0.150 e. The Bertz CT molecular complexity index is 890. The quantitative estimate of drug-likeness (QED) is 0.732. The summed E-state index contributed by atoms with van der Waals surface area (Å²) < 4.78 is 0. The summed E-state index contributed by atoms with van der Waals surface area (Å²) in [5, 5.41) is 0.981. The number of fused-ring (bicyclic) bond motifs is 1. The fraction of sp³-hybridized carbons (Fsp3) is 0.211. The van der Waals surface area contributed by atoms with Gasteiger partial charge in [-0.3, -0.25) is 9.78 Å². The van der Waals surface area contributed by atoms with Crippen LogP contribution >= 0.6 is 0 Å². The third-order valence-corrected chi connectivity index (χ3v) is 3.89. The Morgan fingerprint density at radius 2 is 2.00 bits per heavy atom. The fourth-order valence-corrected chi connectivity index (χ4v) is 2.69. The van der Waals surface area contributed by atoms with Crippen LogP contribution in [0.4, 0.5) is 0 Å². The summed E-state index contributed by atoms with van der Waals surface area (Å²) in [4.78, 5) is 22.3. The molecule has 0 amide bonds. The number of hydrogen-bond acceptors (Lipinski definition) is 5. The molecule has 0 radical (unpaired) electrons. The molecule has 0 saturated heterocycles. The zero-order valence-electron chi connectivity index (χ0n) is 13.9. The first-order chi connectivity index (χ1) is 11.6. The van der Waals surface area contributed by atoms with E-state index < -0.39 is 0 Å². The molecule has 0 spiro atoms. The SMILES string of the molecule is CN(C)Cc1cc(-c2ccc3cnc(CN)cc3n2)ccc1C=O. The number of rotatable bonds is 5. The molecule has 0 unspecified atom stereocenters. The number of nitrogens with two attached hydrogens (primary N) is 1. The predicted octanol–water partition coefficient (Wildman–Crippen LogP) is 2.63. The number of aromatic nitrogens is 2. The van der Waals surface area contributed by atoms with E-state index in [0.29, 0.717) is 18.7 Å². The molecule has 0 aliphatic carbocycles. The van der Waals surface area contributed by atoms with Gasteiger partial charge < -0.3 is 10.6 Å². The Labute approximate surface area is 141 Å². The van der Waals surface area contributed by atoms with Crippen molar-refractivity contribution in [2.45, 2.75) is 13.1 Å². The van der Waals surface area contributed by atoms with Gasteiger partial charge in [-0.15, -0.1) is 0 Å². The molecule has 0 atom stereocenters. The van der Waals surface area contributed by atoms with Crippen LogP contribution in [0.3, 0.4) is 0 Å². The molecule has 5 heteroatoms. The maximum atomic E-state index is 11.2. The molecular formula is C19H20N4O. The van der Waals surface area contributed by atoms with Gasteiger partial charge in [-0.05, 0) is 43.9 Å². The lowest BCUT2D eigenvalue weighted by Gasteiger charge is -2.13. The van der Waals surface area contributed by atoms with Crippen LogP contribution in [0.5, 0.6) is 0 Å². The van der Waals surface area contributed by atoms with E-state index in [2.05, 4.69) is 4.98 Å². The molecule has 2 aromatic heterocycles. The minimum absolute atomic E-state index is 0.392. The van der Waals surface area contributed by atoms with E-state index in [4.69, 9.17) is 10.7 Å². The van der Waals surface area contributed by atoms with Crippen LogP contribution in [0.25, 0.3) is 22.2 Å². The molecule has 0 aliphatic rings. The largest absolute Gasteiger partial charge is 0.325 e. The zero-order valence-corrected chi connectivity index (χ0v) is 13.9. The van der Waals surface area contributed by atoms with Crippen molar-refractivity contribution in [2.75, 3.05) is 14.1 Å². The summed E-state index contributed by atoms with van der Waals surface area (Å²) >= 11 is 0. The van der Waals surface area contributed by atoms with Crippen molar-refractivity contribution in [3.05, 3.63) is 59.4 Å². The summed E-state index contributed by atoms with van der Waals surface area (Å²) in [5.74, 6) is 0.